The van der Waals surface area contributed by atoms with Crippen LogP contribution in [0.25, 0.3) is 0 Å². The Morgan fingerprint density at radius 3 is 2.83 bits per heavy atom. The van der Waals surface area contributed by atoms with E-state index in [4.69, 9.17) is 39.8 Å². The summed E-state index contributed by atoms with van der Waals surface area (Å²) >= 11 is 5.94. The number of esters is 1. The minimum absolute atomic E-state index is 0.0222. The van der Waals surface area contributed by atoms with E-state index in [0.717, 1.165) is 4.57 Å². The number of carbonyl (C=O) groups is 2. The van der Waals surface area contributed by atoms with Crippen molar-refractivity contribution in [2.45, 2.75) is 51.2 Å². The third-order valence-electron chi connectivity index (χ3n) is 5.47. The Morgan fingerprint density at radius 1 is 1.31 bits per heavy atom. The number of halogens is 1. The van der Waals surface area contributed by atoms with Gasteiger partial charge in [0.05, 0.1) is 26.1 Å². The summed E-state index contributed by atoms with van der Waals surface area (Å²) in [5, 5.41) is 9.25. The number of aryl methyl sites for hydroxylation is 1. The van der Waals surface area contributed by atoms with Gasteiger partial charge in [-0.1, -0.05) is 11.6 Å². The number of benzene rings is 1. The van der Waals surface area contributed by atoms with E-state index in [1.807, 2.05) is 0 Å². The van der Waals surface area contributed by atoms with Crippen LogP contribution in [0.2, 0.25) is 5.02 Å². The number of H-pyrrole nitrogens is 1. The second-order valence-corrected chi connectivity index (χ2v) is 10.2. The molecule has 1 aromatic heterocycles. The largest absolute Gasteiger partial charge is 0.530 e. The highest BCUT2D eigenvalue weighted by atomic mass is 35.5. The van der Waals surface area contributed by atoms with Crippen molar-refractivity contribution in [1.82, 2.24) is 9.55 Å². The number of phosphoric acid groups is 1. The van der Waals surface area contributed by atoms with Gasteiger partial charge in [-0.3, -0.25) is 33.0 Å². The first kappa shape index (κ1) is 26.1. The molecule has 36 heavy (non-hydrogen) atoms. The maximum atomic E-state index is 13.0. The fourth-order valence-electron chi connectivity index (χ4n) is 3.66. The molecular weight excluding hydrogens is 523 g/mol. The second-order valence-electron chi connectivity index (χ2n) is 8.13. The quantitative estimate of drug-likeness (QED) is 0.369. The third-order valence-corrected chi connectivity index (χ3v) is 7.04. The number of nitrogens with zero attached hydrogens (tertiary/aromatic N) is 1. The van der Waals surface area contributed by atoms with Crippen LogP contribution in [-0.2, 0) is 39.3 Å². The molecule has 2 aromatic rings. The maximum Gasteiger partial charge on any atom is 0.530 e. The molecule has 0 saturated carbocycles. The van der Waals surface area contributed by atoms with Crippen molar-refractivity contribution < 1.29 is 42.3 Å². The number of aromatic amines is 1. The molecule has 15 heteroatoms. The average molecular weight is 545 g/mol. The predicted molar refractivity (Wildman–Crippen MR) is 122 cm³/mol. The van der Waals surface area contributed by atoms with Gasteiger partial charge < -0.3 is 19.1 Å². The number of fused-ring (bicyclic) bond motifs is 1. The lowest BCUT2D eigenvalue weighted by molar-refractivity contribution is -0.155. The topological polar surface area (TPSA) is 172 Å². The van der Waals surface area contributed by atoms with E-state index in [1.165, 1.54) is 19.2 Å². The molecule has 1 saturated heterocycles. The molecule has 2 aliphatic rings. The molecular formula is C21H22ClN2O11P. The number of nitrogens with one attached hydrogen (secondary N) is 1. The Kier molecular flexibility index (Phi) is 7.67. The van der Waals surface area contributed by atoms with E-state index in [2.05, 4.69) is 4.98 Å². The Bertz CT molecular complexity index is 1340. The Balaban J connectivity index is 1.49. The molecule has 2 N–H and O–H groups in total. The summed E-state index contributed by atoms with van der Waals surface area (Å²) in [6.07, 6.45) is -2.51. The van der Waals surface area contributed by atoms with Gasteiger partial charge >= 0.3 is 25.5 Å². The van der Waals surface area contributed by atoms with Crippen LogP contribution >= 0.6 is 19.4 Å². The predicted octanol–water partition coefficient (Wildman–Crippen LogP) is 2.30. The van der Waals surface area contributed by atoms with Crippen LogP contribution in [0.3, 0.4) is 0 Å². The summed E-state index contributed by atoms with van der Waals surface area (Å²) < 4.78 is 41.5. The molecule has 0 amide bonds. The van der Waals surface area contributed by atoms with Crippen LogP contribution in [0, 0.1) is 6.92 Å². The smallest absolute Gasteiger partial charge is 0.481 e. The Morgan fingerprint density at radius 2 is 2.08 bits per heavy atom. The highest BCUT2D eigenvalue weighted by Gasteiger charge is 2.43. The minimum atomic E-state index is -4.07. The Hall–Kier alpha value is -2.96. The van der Waals surface area contributed by atoms with Gasteiger partial charge in [0.1, 0.15) is 24.2 Å². The fraction of sp³-hybridized carbons (Fsp3) is 0.429. The minimum Gasteiger partial charge on any atom is -0.481 e. The highest BCUT2D eigenvalue weighted by molar-refractivity contribution is 7.49. The lowest BCUT2D eigenvalue weighted by atomic mass is 10.2. The summed E-state index contributed by atoms with van der Waals surface area (Å²) in [6, 6.07) is 4.68. The molecule has 0 radical (unpaired) electrons. The summed E-state index contributed by atoms with van der Waals surface area (Å²) in [6.45, 7) is 1.01. The van der Waals surface area contributed by atoms with Crippen LogP contribution in [0.4, 0.5) is 0 Å². The van der Waals surface area contributed by atoms with Crippen LogP contribution in [0.5, 0.6) is 5.75 Å². The fourth-order valence-corrected chi connectivity index (χ4v) is 5.08. The van der Waals surface area contributed by atoms with E-state index in [-0.39, 0.29) is 30.8 Å². The van der Waals surface area contributed by atoms with Gasteiger partial charge in [0, 0.05) is 28.8 Å². The van der Waals surface area contributed by atoms with Crippen LogP contribution in [0.15, 0.2) is 34.0 Å². The van der Waals surface area contributed by atoms with Crippen molar-refractivity contribution >= 4 is 31.4 Å². The summed E-state index contributed by atoms with van der Waals surface area (Å²) in [4.78, 5) is 49.1. The Labute approximate surface area is 208 Å². The van der Waals surface area contributed by atoms with E-state index in [9.17, 15) is 23.7 Å². The molecule has 4 rings (SSSR count). The standard InChI is InChI=1S/C21H22ClN2O11P/c1-11-8-24(21(29)23-20(11)28)17-7-15(34-19(27)5-4-18(25)26)16(33-17)10-32-36(30)31-9-12-6-13(22)2-3-14(12)35-36/h2-3,6,8,15-17H,4-5,7,9-10H2,1H3,(H,25,26)(H,23,28,29)/t15?,16-,17-,36?/m1/s1. The number of hydrogen-bond acceptors (Lipinski definition) is 10. The first-order valence-corrected chi connectivity index (χ1v) is 12.6. The van der Waals surface area contributed by atoms with Crippen molar-refractivity contribution in [3.05, 3.63) is 61.4 Å². The van der Waals surface area contributed by atoms with Gasteiger partial charge in [-0.05, 0) is 25.1 Å². The van der Waals surface area contributed by atoms with E-state index in [1.54, 1.807) is 12.1 Å². The lowest BCUT2D eigenvalue weighted by Gasteiger charge is -2.26. The number of aromatic nitrogens is 2. The van der Waals surface area contributed by atoms with Crippen molar-refractivity contribution in [1.29, 1.82) is 0 Å². The monoisotopic (exact) mass is 544 g/mol. The van der Waals surface area contributed by atoms with Crippen molar-refractivity contribution in [3.63, 3.8) is 0 Å². The number of aliphatic carboxylic acids is 1. The van der Waals surface area contributed by atoms with Crippen molar-refractivity contribution in [2.24, 2.45) is 0 Å². The zero-order valence-electron chi connectivity index (χ0n) is 18.9. The number of hydrogen-bond donors (Lipinski definition) is 2. The van der Waals surface area contributed by atoms with Gasteiger partial charge in [-0.25, -0.2) is 9.36 Å². The first-order chi connectivity index (χ1) is 17.0. The summed E-state index contributed by atoms with van der Waals surface area (Å²) in [5.41, 5.74) is -0.472. The molecule has 3 heterocycles. The van der Waals surface area contributed by atoms with Gasteiger partial charge in [-0.15, -0.1) is 0 Å². The molecule has 1 fully saturated rings. The normalized spacial score (nSPS) is 25.1. The van der Waals surface area contributed by atoms with Gasteiger partial charge in [0.2, 0.25) is 0 Å². The van der Waals surface area contributed by atoms with Crippen LogP contribution in [0.1, 0.15) is 36.6 Å². The molecule has 1 aromatic carbocycles. The molecule has 2 aliphatic heterocycles. The molecule has 0 aliphatic carbocycles. The lowest BCUT2D eigenvalue weighted by Crippen LogP contribution is -2.33. The molecule has 13 nitrogen and oxygen atoms in total. The van der Waals surface area contributed by atoms with E-state index < -0.39 is 62.5 Å². The van der Waals surface area contributed by atoms with Gasteiger partial charge in [0.25, 0.3) is 5.56 Å². The molecule has 0 bridgehead atoms. The van der Waals surface area contributed by atoms with E-state index in [0.29, 0.717) is 10.6 Å². The summed E-state index contributed by atoms with van der Waals surface area (Å²) in [7, 11) is -4.07. The third kappa shape index (κ3) is 6.05. The molecule has 2 unspecified atom stereocenters. The van der Waals surface area contributed by atoms with E-state index >= 15 is 0 Å². The number of carboxylic acid groups (broad SMARTS) is 1. The van der Waals surface area contributed by atoms with Gasteiger partial charge in [-0.2, -0.15) is 0 Å². The first-order valence-electron chi connectivity index (χ1n) is 10.8. The number of carboxylic acids is 1. The van der Waals surface area contributed by atoms with Crippen LogP contribution < -0.4 is 15.8 Å². The maximum absolute atomic E-state index is 13.0. The second kappa shape index (κ2) is 10.6. The number of ether oxygens (including phenoxy) is 2. The van der Waals surface area contributed by atoms with Crippen LogP contribution in [-0.4, -0.2) is 45.4 Å². The van der Waals surface area contributed by atoms with Crippen molar-refractivity contribution in [2.75, 3.05) is 6.61 Å². The molecule has 4 atom stereocenters. The zero-order valence-corrected chi connectivity index (χ0v) is 20.5. The number of carbonyl (C=O) groups excluding carboxylic acids is 1. The van der Waals surface area contributed by atoms with Crippen molar-refractivity contribution in [3.8, 4) is 5.75 Å². The number of phosphoric ester groups is 1. The SMILES string of the molecule is Cc1cn([C@H]2CC(OC(=O)CCC(=O)O)[C@@H](COP3(=O)OCc4cc(Cl)ccc4O3)O2)c(=O)[nH]c1=O. The number of rotatable bonds is 8. The zero-order chi connectivity index (χ0) is 26.0. The molecule has 194 valence electrons. The average Bonchev–Trinajstić information content (AvgIpc) is 3.21. The molecule has 0 spiro atoms. The highest BCUT2D eigenvalue weighted by Crippen LogP contribution is 2.55. The summed E-state index contributed by atoms with van der Waals surface area (Å²) in [5.74, 6) is -1.70. The van der Waals surface area contributed by atoms with Gasteiger partial charge in [0.15, 0.2) is 0 Å².